The van der Waals surface area contributed by atoms with E-state index in [2.05, 4.69) is 0 Å². The van der Waals surface area contributed by atoms with Crippen molar-refractivity contribution in [2.75, 3.05) is 0 Å². The van der Waals surface area contributed by atoms with Crippen molar-refractivity contribution >= 4 is 17.4 Å². The third kappa shape index (κ3) is 3.26. The molecule has 0 saturated heterocycles. The second-order valence-electron chi connectivity index (χ2n) is 4.23. The van der Waals surface area contributed by atoms with E-state index in [9.17, 15) is 15.0 Å². The van der Waals surface area contributed by atoms with Gasteiger partial charge in [-0.05, 0) is 18.1 Å². The summed E-state index contributed by atoms with van der Waals surface area (Å²) in [6, 6.07) is 12.0. The van der Waals surface area contributed by atoms with Crippen LogP contribution in [0.3, 0.4) is 0 Å². The number of rotatable bonds is 4. The number of hydrogen-bond donors (Lipinski definition) is 2. The standard InChI is InChI=1S/C15H13ClO3/c16-12-8-11(14(18)9-15(12)19)13(17)7-6-10-4-2-1-3-5-10/h1-5,8-9,18-19H,6-7H2. The van der Waals surface area contributed by atoms with Crippen LogP contribution in [0, 0.1) is 0 Å². The van der Waals surface area contributed by atoms with Gasteiger partial charge in [-0.1, -0.05) is 41.9 Å². The maximum atomic E-state index is 12.0. The molecule has 0 bridgehead atoms. The van der Waals surface area contributed by atoms with E-state index in [-0.39, 0.29) is 34.3 Å². The van der Waals surface area contributed by atoms with Gasteiger partial charge < -0.3 is 10.2 Å². The van der Waals surface area contributed by atoms with Crippen LogP contribution >= 0.6 is 11.6 Å². The average molecular weight is 277 g/mol. The summed E-state index contributed by atoms with van der Waals surface area (Å²) >= 11 is 5.73. The van der Waals surface area contributed by atoms with Gasteiger partial charge in [0.05, 0.1) is 10.6 Å². The Morgan fingerprint density at radius 1 is 1.05 bits per heavy atom. The number of ketones is 1. The summed E-state index contributed by atoms with van der Waals surface area (Å²) in [6.07, 6.45) is 0.871. The highest BCUT2D eigenvalue weighted by Crippen LogP contribution is 2.31. The first-order valence-electron chi connectivity index (χ1n) is 5.86. The number of Topliss-reactive ketones (excluding diaryl/α,β-unsaturated/α-hetero) is 1. The molecule has 3 nitrogen and oxygen atoms in total. The summed E-state index contributed by atoms with van der Waals surface area (Å²) in [5.41, 5.74) is 1.19. The molecule has 0 radical (unpaired) electrons. The number of carbonyl (C=O) groups excluding carboxylic acids is 1. The third-order valence-corrected chi connectivity index (χ3v) is 3.15. The molecule has 0 fully saturated rings. The number of halogens is 1. The molecule has 0 atom stereocenters. The van der Waals surface area contributed by atoms with Crippen LogP contribution in [0.25, 0.3) is 0 Å². The molecule has 2 rings (SSSR count). The molecule has 0 heterocycles. The van der Waals surface area contributed by atoms with Crippen molar-refractivity contribution in [3.63, 3.8) is 0 Å². The molecular formula is C15H13ClO3. The molecule has 0 aliphatic heterocycles. The van der Waals surface area contributed by atoms with E-state index in [1.165, 1.54) is 6.07 Å². The van der Waals surface area contributed by atoms with E-state index in [0.29, 0.717) is 6.42 Å². The first-order valence-corrected chi connectivity index (χ1v) is 6.24. The Kier molecular flexibility index (Phi) is 4.07. The molecule has 0 unspecified atom stereocenters. The molecule has 98 valence electrons. The van der Waals surface area contributed by atoms with Gasteiger partial charge in [-0.25, -0.2) is 0 Å². The highest BCUT2D eigenvalue weighted by molar-refractivity contribution is 6.32. The Labute approximate surface area is 116 Å². The monoisotopic (exact) mass is 276 g/mol. The van der Waals surface area contributed by atoms with Gasteiger partial charge in [-0.15, -0.1) is 0 Å². The van der Waals surface area contributed by atoms with Crippen LogP contribution in [-0.2, 0) is 6.42 Å². The maximum Gasteiger partial charge on any atom is 0.166 e. The van der Waals surface area contributed by atoms with E-state index in [1.807, 2.05) is 30.3 Å². The fourth-order valence-electron chi connectivity index (χ4n) is 1.81. The van der Waals surface area contributed by atoms with Crippen LogP contribution < -0.4 is 0 Å². The zero-order valence-corrected chi connectivity index (χ0v) is 10.9. The molecule has 0 amide bonds. The first-order chi connectivity index (χ1) is 9.08. The van der Waals surface area contributed by atoms with Crippen LogP contribution in [0.5, 0.6) is 11.5 Å². The van der Waals surface area contributed by atoms with Gasteiger partial charge in [0.1, 0.15) is 11.5 Å². The van der Waals surface area contributed by atoms with Crippen molar-refractivity contribution in [2.45, 2.75) is 12.8 Å². The molecule has 0 aromatic heterocycles. The summed E-state index contributed by atoms with van der Waals surface area (Å²) in [6.45, 7) is 0. The van der Waals surface area contributed by atoms with Crippen molar-refractivity contribution in [1.82, 2.24) is 0 Å². The highest BCUT2D eigenvalue weighted by Gasteiger charge is 2.14. The second-order valence-corrected chi connectivity index (χ2v) is 4.64. The summed E-state index contributed by atoms with van der Waals surface area (Å²) in [4.78, 5) is 12.0. The zero-order valence-electron chi connectivity index (χ0n) is 10.1. The number of aryl methyl sites for hydroxylation is 1. The largest absolute Gasteiger partial charge is 0.507 e. The Morgan fingerprint density at radius 3 is 2.42 bits per heavy atom. The van der Waals surface area contributed by atoms with Gasteiger partial charge in [0.2, 0.25) is 0 Å². The number of phenolic OH excluding ortho intramolecular Hbond substituents is 2. The van der Waals surface area contributed by atoms with E-state index in [1.54, 1.807) is 0 Å². The van der Waals surface area contributed by atoms with Crippen molar-refractivity contribution in [2.24, 2.45) is 0 Å². The van der Waals surface area contributed by atoms with Gasteiger partial charge >= 0.3 is 0 Å². The van der Waals surface area contributed by atoms with Gasteiger partial charge in [0.15, 0.2) is 5.78 Å². The molecule has 0 spiro atoms. The normalized spacial score (nSPS) is 10.4. The summed E-state index contributed by atoms with van der Waals surface area (Å²) in [7, 11) is 0. The minimum atomic E-state index is -0.250. The van der Waals surface area contributed by atoms with Crippen LogP contribution in [0.4, 0.5) is 0 Å². The van der Waals surface area contributed by atoms with Crippen LogP contribution in [0.2, 0.25) is 5.02 Å². The lowest BCUT2D eigenvalue weighted by molar-refractivity contribution is 0.0980. The van der Waals surface area contributed by atoms with E-state index in [4.69, 9.17) is 11.6 Å². The van der Waals surface area contributed by atoms with Gasteiger partial charge in [0, 0.05) is 12.5 Å². The average Bonchev–Trinajstić information content (AvgIpc) is 2.41. The van der Waals surface area contributed by atoms with Crippen molar-refractivity contribution in [1.29, 1.82) is 0 Å². The number of carbonyl (C=O) groups is 1. The molecular weight excluding hydrogens is 264 g/mol. The van der Waals surface area contributed by atoms with Crippen molar-refractivity contribution in [3.05, 3.63) is 58.6 Å². The molecule has 19 heavy (non-hydrogen) atoms. The van der Waals surface area contributed by atoms with Gasteiger partial charge in [-0.3, -0.25) is 4.79 Å². The maximum absolute atomic E-state index is 12.0. The Hall–Kier alpha value is -2.00. The Bertz CT molecular complexity index is 594. The van der Waals surface area contributed by atoms with Gasteiger partial charge in [-0.2, -0.15) is 0 Å². The Balaban J connectivity index is 2.10. The first kappa shape index (κ1) is 13.4. The van der Waals surface area contributed by atoms with Crippen LogP contribution in [-0.4, -0.2) is 16.0 Å². The molecule has 2 aromatic rings. The van der Waals surface area contributed by atoms with Crippen molar-refractivity contribution < 1.29 is 15.0 Å². The number of aromatic hydroxyl groups is 2. The summed E-state index contributed by atoms with van der Waals surface area (Å²) in [5, 5.41) is 19.0. The molecule has 2 aromatic carbocycles. The second kappa shape index (κ2) is 5.76. The SMILES string of the molecule is O=C(CCc1ccccc1)c1cc(Cl)c(O)cc1O. The number of phenols is 2. The predicted octanol–water partition coefficient (Wildman–Crippen LogP) is 3.57. The summed E-state index contributed by atoms with van der Waals surface area (Å²) in [5.74, 6) is -0.693. The third-order valence-electron chi connectivity index (χ3n) is 2.85. The smallest absolute Gasteiger partial charge is 0.166 e. The fourth-order valence-corrected chi connectivity index (χ4v) is 1.98. The number of hydrogen-bond acceptors (Lipinski definition) is 3. The molecule has 0 aliphatic carbocycles. The minimum Gasteiger partial charge on any atom is -0.507 e. The predicted molar refractivity (Wildman–Crippen MR) is 73.9 cm³/mol. The topological polar surface area (TPSA) is 57.5 Å². The van der Waals surface area contributed by atoms with E-state index < -0.39 is 0 Å². The lowest BCUT2D eigenvalue weighted by atomic mass is 10.0. The fraction of sp³-hybridized carbons (Fsp3) is 0.133. The van der Waals surface area contributed by atoms with E-state index in [0.717, 1.165) is 11.6 Å². The number of benzene rings is 2. The quantitative estimate of drug-likeness (QED) is 0.840. The van der Waals surface area contributed by atoms with Gasteiger partial charge in [0.25, 0.3) is 0 Å². The molecule has 2 N–H and O–H groups in total. The molecule has 0 saturated carbocycles. The van der Waals surface area contributed by atoms with Crippen molar-refractivity contribution in [3.8, 4) is 11.5 Å². The van der Waals surface area contributed by atoms with Crippen LogP contribution in [0.15, 0.2) is 42.5 Å². The molecule has 0 aliphatic rings. The highest BCUT2D eigenvalue weighted by atomic mass is 35.5. The zero-order chi connectivity index (χ0) is 13.8. The van der Waals surface area contributed by atoms with E-state index >= 15 is 0 Å². The molecule has 4 heteroatoms. The lowest BCUT2D eigenvalue weighted by Gasteiger charge is -2.06. The van der Waals surface area contributed by atoms with Crippen LogP contribution in [0.1, 0.15) is 22.3 Å². The summed E-state index contributed by atoms with van der Waals surface area (Å²) < 4.78 is 0. The lowest BCUT2D eigenvalue weighted by Crippen LogP contribution is -2.01. The minimum absolute atomic E-state index is 0.0564. The Morgan fingerprint density at radius 2 is 1.74 bits per heavy atom.